The van der Waals surface area contributed by atoms with Crippen LogP contribution in [0.2, 0.25) is 0 Å². The highest BCUT2D eigenvalue weighted by Crippen LogP contribution is 2.39. The summed E-state index contributed by atoms with van der Waals surface area (Å²) in [5.74, 6) is 0. The first-order valence-corrected chi connectivity index (χ1v) is 4.69. The minimum Gasteiger partial charge on any atom is -0.483 e. The van der Waals surface area contributed by atoms with E-state index in [2.05, 4.69) is 0 Å². The molecule has 0 radical (unpaired) electrons. The van der Waals surface area contributed by atoms with E-state index in [0.29, 0.717) is 13.0 Å². The predicted octanol–water partition coefficient (Wildman–Crippen LogP) is 2.07. The van der Waals surface area contributed by atoms with Gasteiger partial charge in [-0.2, -0.15) is 13.2 Å². The zero-order valence-electron chi connectivity index (χ0n) is 9.59. The van der Waals surface area contributed by atoms with E-state index in [1.54, 1.807) is 0 Å². The normalized spacial score (nSPS) is 13.7. The van der Waals surface area contributed by atoms with E-state index in [4.69, 9.17) is 9.90 Å². The van der Waals surface area contributed by atoms with E-state index >= 15 is 0 Å². The van der Waals surface area contributed by atoms with Crippen LogP contribution in [0.15, 0.2) is 24.3 Å². The molecular weight excluding hydrogens is 271 g/mol. The second kappa shape index (κ2) is 6.14. The van der Waals surface area contributed by atoms with Crippen LogP contribution in [-0.2, 0) is 10.4 Å². The second-order valence-electron chi connectivity index (χ2n) is 3.48. The quantitative estimate of drug-likeness (QED) is 0.491. The number of aliphatic hydroxyl groups is 1. The topological polar surface area (TPSA) is 101 Å². The molecule has 19 heavy (non-hydrogen) atoms. The Morgan fingerprint density at radius 2 is 1.84 bits per heavy atom. The van der Waals surface area contributed by atoms with E-state index in [1.165, 1.54) is 0 Å². The molecule has 0 aliphatic rings. The van der Waals surface area contributed by atoms with E-state index in [-0.39, 0.29) is 6.47 Å². The molecule has 9 heteroatoms. The van der Waals surface area contributed by atoms with Gasteiger partial charge in [-0.25, -0.2) is 0 Å². The SMILES string of the molecule is CC(O)(c1cccc([N+](=O)[O-])c1)C(F)(F)F.O=CO. The van der Waals surface area contributed by atoms with Crippen LogP contribution in [-0.4, -0.2) is 27.8 Å². The number of benzene rings is 1. The van der Waals surface area contributed by atoms with Crippen molar-refractivity contribution in [2.45, 2.75) is 18.7 Å². The Hall–Kier alpha value is -2.16. The van der Waals surface area contributed by atoms with Crippen molar-refractivity contribution in [1.29, 1.82) is 0 Å². The number of alkyl halides is 3. The summed E-state index contributed by atoms with van der Waals surface area (Å²) in [5.41, 5.74) is -4.16. The molecule has 0 aromatic heterocycles. The number of non-ortho nitro benzene ring substituents is 1. The second-order valence-corrected chi connectivity index (χ2v) is 3.48. The first-order chi connectivity index (χ1) is 8.57. The zero-order chi connectivity index (χ0) is 15.3. The molecule has 106 valence electrons. The molecule has 0 fully saturated rings. The van der Waals surface area contributed by atoms with E-state index in [1.807, 2.05) is 0 Å². The lowest BCUT2D eigenvalue weighted by molar-refractivity contribution is -0.385. The summed E-state index contributed by atoms with van der Waals surface area (Å²) in [6, 6.07) is 3.83. The minimum atomic E-state index is -4.89. The van der Waals surface area contributed by atoms with Crippen molar-refractivity contribution in [1.82, 2.24) is 0 Å². The molecule has 1 rings (SSSR count). The lowest BCUT2D eigenvalue weighted by atomic mass is 9.95. The smallest absolute Gasteiger partial charge is 0.421 e. The van der Waals surface area contributed by atoms with Gasteiger partial charge in [0.15, 0.2) is 5.60 Å². The van der Waals surface area contributed by atoms with Gasteiger partial charge in [0, 0.05) is 12.1 Å². The van der Waals surface area contributed by atoms with Crippen LogP contribution >= 0.6 is 0 Å². The maximum atomic E-state index is 12.4. The van der Waals surface area contributed by atoms with Gasteiger partial charge in [0.2, 0.25) is 0 Å². The molecule has 0 aliphatic carbocycles. The van der Waals surface area contributed by atoms with Crippen molar-refractivity contribution >= 4 is 12.2 Å². The summed E-state index contributed by atoms with van der Waals surface area (Å²) in [6.07, 6.45) is -4.89. The number of carboxylic acid groups (broad SMARTS) is 1. The van der Waals surface area contributed by atoms with Gasteiger partial charge < -0.3 is 10.2 Å². The Labute approximate surface area is 105 Å². The van der Waals surface area contributed by atoms with Crippen LogP contribution in [0.4, 0.5) is 18.9 Å². The molecule has 0 saturated heterocycles. The molecule has 1 unspecified atom stereocenters. The molecular formula is C10H10F3NO5. The van der Waals surface area contributed by atoms with Gasteiger partial charge in [0.05, 0.1) is 4.92 Å². The van der Waals surface area contributed by atoms with E-state index < -0.39 is 28.0 Å². The number of nitrogens with zero attached hydrogens (tertiary/aromatic N) is 1. The van der Waals surface area contributed by atoms with Gasteiger partial charge in [-0.1, -0.05) is 12.1 Å². The van der Waals surface area contributed by atoms with Crippen LogP contribution in [0.1, 0.15) is 12.5 Å². The molecule has 1 aromatic rings. The minimum absolute atomic E-state index is 0.250. The molecule has 6 nitrogen and oxygen atoms in total. The number of rotatable bonds is 2. The fraction of sp³-hybridized carbons (Fsp3) is 0.300. The van der Waals surface area contributed by atoms with Crippen molar-refractivity contribution < 1.29 is 33.1 Å². The summed E-state index contributed by atoms with van der Waals surface area (Å²) < 4.78 is 37.3. The molecule has 0 heterocycles. The number of nitro groups is 1. The Balaban J connectivity index is 0.000000982. The Kier molecular flexibility index (Phi) is 5.44. The summed E-state index contributed by atoms with van der Waals surface area (Å²) in [5, 5.41) is 26.5. The standard InChI is InChI=1S/C9H8F3NO3.CH2O2/c1-8(14,9(10,11)12)6-3-2-4-7(5-6)13(15)16;2-1-3/h2-5,14H,1H3;1H,(H,2,3). The first kappa shape index (κ1) is 16.8. The molecule has 1 aromatic carbocycles. The van der Waals surface area contributed by atoms with Gasteiger partial charge >= 0.3 is 6.18 Å². The fourth-order valence-electron chi connectivity index (χ4n) is 1.09. The van der Waals surface area contributed by atoms with Crippen LogP contribution in [0, 0.1) is 10.1 Å². The molecule has 0 amide bonds. The maximum absolute atomic E-state index is 12.4. The summed E-state index contributed by atoms with van der Waals surface area (Å²) in [7, 11) is 0. The van der Waals surface area contributed by atoms with Crippen LogP contribution < -0.4 is 0 Å². The van der Waals surface area contributed by atoms with Gasteiger partial charge in [-0.05, 0) is 12.5 Å². The van der Waals surface area contributed by atoms with Crippen molar-refractivity contribution in [3.8, 4) is 0 Å². The number of hydrogen-bond acceptors (Lipinski definition) is 4. The highest BCUT2D eigenvalue weighted by molar-refractivity contribution is 5.37. The average Bonchev–Trinajstić information content (AvgIpc) is 2.28. The molecule has 1 atom stereocenters. The predicted molar refractivity (Wildman–Crippen MR) is 57.4 cm³/mol. The van der Waals surface area contributed by atoms with Crippen LogP contribution in [0.5, 0.6) is 0 Å². The number of nitro benzene ring substituents is 1. The van der Waals surface area contributed by atoms with Crippen molar-refractivity contribution in [3.05, 3.63) is 39.9 Å². The van der Waals surface area contributed by atoms with Crippen LogP contribution in [0.25, 0.3) is 0 Å². The molecule has 0 aliphatic heterocycles. The summed E-state index contributed by atoms with van der Waals surface area (Å²) in [6.45, 7) is 0.298. The summed E-state index contributed by atoms with van der Waals surface area (Å²) >= 11 is 0. The van der Waals surface area contributed by atoms with Crippen molar-refractivity contribution in [2.24, 2.45) is 0 Å². The zero-order valence-corrected chi connectivity index (χ0v) is 9.59. The van der Waals surface area contributed by atoms with E-state index in [0.717, 1.165) is 18.2 Å². The van der Waals surface area contributed by atoms with Gasteiger partial charge in [0.25, 0.3) is 12.2 Å². The highest BCUT2D eigenvalue weighted by Gasteiger charge is 2.51. The van der Waals surface area contributed by atoms with Crippen molar-refractivity contribution in [3.63, 3.8) is 0 Å². The Bertz CT molecular complexity index is 459. The number of hydrogen-bond donors (Lipinski definition) is 2. The third-order valence-corrected chi connectivity index (χ3v) is 2.17. The molecule has 0 saturated carbocycles. The Morgan fingerprint density at radius 3 is 2.21 bits per heavy atom. The first-order valence-electron chi connectivity index (χ1n) is 4.69. The summed E-state index contributed by atoms with van der Waals surface area (Å²) in [4.78, 5) is 17.9. The number of carbonyl (C=O) groups is 1. The van der Waals surface area contributed by atoms with Crippen LogP contribution in [0.3, 0.4) is 0 Å². The average molecular weight is 281 g/mol. The molecule has 0 bridgehead atoms. The van der Waals surface area contributed by atoms with Gasteiger partial charge in [-0.15, -0.1) is 0 Å². The number of halogens is 3. The van der Waals surface area contributed by atoms with E-state index in [9.17, 15) is 28.4 Å². The molecule has 0 spiro atoms. The van der Waals surface area contributed by atoms with Gasteiger partial charge in [-0.3, -0.25) is 14.9 Å². The highest BCUT2D eigenvalue weighted by atomic mass is 19.4. The third kappa shape index (κ3) is 4.21. The fourth-order valence-corrected chi connectivity index (χ4v) is 1.09. The largest absolute Gasteiger partial charge is 0.483 e. The maximum Gasteiger partial charge on any atom is 0.421 e. The van der Waals surface area contributed by atoms with Gasteiger partial charge in [0.1, 0.15) is 0 Å². The Morgan fingerprint density at radius 1 is 1.37 bits per heavy atom. The third-order valence-electron chi connectivity index (χ3n) is 2.17. The lowest BCUT2D eigenvalue weighted by Gasteiger charge is -2.26. The molecule has 2 N–H and O–H groups in total. The van der Waals surface area contributed by atoms with Crippen molar-refractivity contribution in [2.75, 3.05) is 0 Å². The lowest BCUT2D eigenvalue weighted by Crippen LogP contribution is -2.39. The monoisotopic (exact) mass is 281 g/mol.